The van der Waals surface area contributed by atoms with Crippen LogP contribution in [0.3, 0.4) is 0 Å². The largest absolute Gasteiger partial charge is 0.494 e. The topological polar surface area (TPSA) is 88.7 Å². The molecule has 0 bridgehead atoms. The molecule has 2 aromatic rings. The number of amides is 2. The first-order valence-corrected chi connectivity index (χ1v) is 9.61. The number of hydrogen-bond donors (Lipinski definition) is 3. The van der Waals surface area contributed by atoms with Gasteiger partial charge in [0.05, 0.1) is 6.61 Å². The van der Waals surface area contributed by atoms with E-state index in [0.29, 0.717) is 23.7 Å². The third kappa shape index (κ3) is 6.82. The fourth-order valence-electron chi connectivity index (χ4n) is 2.16. The molecule has 0 fully saturated rings. The van der Waals surface area contributed by atoms with E-state index in [4.69, 9.17) is 21.7 Å². The lowest BCUT2D eigenvalue weighted by molar-refractivity contribution is -0.123. The van der Waals surface area contributed by atoms with Crippen molar-refractivity contribution in [3.05, 3.63) is 58.1 Å². The first kappa shape index (κ1) is 21.6. The van der Waals surface area contributed by atoms with Crippen LogP contribution in [0.5, 0.6) is 11.5 Å². The standard InChI is InChI=1S/C19H20BrN3O4S/c1-3-26-15-7-4-13(5-8-15)18(25)21-19(28)23-22-17(24)11-27-16-9-6-14(20)10-12(16)2/h4-10H,3,11H2,1-2H3,(H,22,24)(H2,21,23,25,28). The van der Waals surface area contributed by atoms with Crippen LogP contribution >= 0.6 is 28.1 Å². The van der Waals surface area contributed by atoms with E-state index in [0.717, 1.165) is 10.0 Å². The highest BCUT2D eigenvalue weighted by atomic mass is 79.9. The Labute approximate surface area is 176 Å². The summed E-state index contributed by atoms with van der Waals surface area (Å²) in [6.45, 7) is 4.10. The number of rotatable bonds is 6. The quantitative estimate of drug-likeness (QED) is 0.448. The van der Waals surface area contributed by atoms with E-state index >= 15 is 0 Å². The Morgan fingerprint density at radius 2 is 1.79 bits per heavy atom. The highest BCUT2D eigenvalue weighted by Gasteiger charge is 2.10. The summed E-state index contributed by atoms with van der Waals surface area (Å²) in [7, 11) is 0. The molecule has 2 amide bonds. The molecule has 0 aliphatic heterocycles. The third-order valence-corrected chi connectivity index (χ3v) is 4.16. The van der Waals surface area contributed by atoms with Gasteiger partial charge in [0.1, 0.15) is 11.5 Å². The Hall–Kier alpha value is -2.65. The first-order chi connectivity index (χ1) is 13.4. The molecule has 0 saturated carbocycles. The molecule has 0 aliphatic carbocycles. The molecule has 148 valence electrons. The number of thiocarbonyl (C=S) groups is 1. The van der Waals surface area contributed by atoms with E-state index in [9.17, 15) is 9.59 Å². The van der Waals surface area contributed by atoms with Crippen molar-refractivity contribution in [1.29, 1.82) is 0 Å². The highest BCUT2D eigenvalue weighted by molar-refractivity contribution is 9.10. The summed E-state index contributed by atoms with van der Waals surface area (Å²) >= 11 is 8.36. The Morgan fingerprint density at radius 3 is 2.43 bits per heavy atom. The second kappa shape index (κ2) is 10.6. The minimum absolute atomic E-state index is 0.0351. The Morgan fingerprint density at radius 1 is 1.07 bits per heavy atom. The van der Waals surface area contributed by atoms with Gasteiger partial charge in [0.25, 0.3) is 11.8 Å². The molecule has 7 nitrogen and oxygen atoms in total. The van der Waals surface area contributed by atoms with Gasteiger partial charge in [0.2, 0.25) is 0 Å². The van der Waals surface area contributed by atoms with Crippen LogP contribution in [0.25, 0.3) is 0 Å². The number of hydrazine groups is 1. The van der Waals surface area contributed by atoms with Crippen LogP contribution in [-0.2, 0) is 4.79 Å². The molecular formula is C19H20BrN3O4S. The predicted octanol–water partition coefficient (Wildman–Crippen LogP) is 2.87. The van der Waals surface area contributed by atoms with Crippen LogP contribution < -0.4 is 25.6 Å². The Kier molecular flexibility index (Phi) is 8.21. The van der Waals surface area contributed by atoms with Gasteiger partial charge < -0.3 is 9.47 Å². The molecule has 0 aliphatic rings. The fourth-order valence-corrected chi connectivity index (χ4v) is 2.78. The number of benzene rings is 2. The molecule has 2 aromatic carbocycles. The molecule has 0 unspecified atom stereocenters. The summed E-state index contributed by atoms with van der Waals surface area (Å²) in [6, 6.07) is 12.1. The molecule has 0 heterocycles. The summed E-state index contributed by atoms with van der Waals surface area (Å²) in [5.74, 6) is 0.425. The maximum atomic E-state index is 12.1. The van der Waals surface area contributed by atoms with Gasteiger partial charge in [-0.25, -0.2) is 0 Å². The predicted molar refractivity (Wildman–Crippen MR) is 113 cm³/mol. The van der Waals surface area contributed by atoms with Crippen LogP contribution in [0.2, 0.25) is 0 Å². The molecule has 0 radical (unpaired) electrons. The van der Waals surface area contributed by atoms with E-state index in [-0.39, 0.29) is 11.7 Å². The lowest BCUT2D eigenvalue weighted by Gasteiger charge is -2.12. The van der Waals surface area contributed by atoms with E-state index < -0.39 is 11.8 Å². The smallest absolute Gasteiger partial charge is 0.276 e. The van der Waals surface area contributed by atoms with Gasteiger partial charge in [-0.2, -0.15) is 0 Å². The number of carbonyl (C=O) groups excluding carboxylic acids is 2. The SMILES string of the molecule is CCOc1ccc(C(=O)NC(=S)NNC(=O)COc2ccc(Br)cc2C)cc1. The zero-order valence-corrected chi connectivity index (χ0v) is 17.8. The number of hydrogen-bond acceptors (Lipinski definition) is 5. The molecule has 9 heteroatoms. The van der Waals surface area contributed by atoms with Crippen molar-refractivity contribution in [1.82, 2.24) is 16.2 Å². The molecule has 0 spiro atoms. The summed E-state index contributed by atoms with van der Waals surface area (Å²) < 4.78 is 11.7. The number of carbonyl (C=O) groups is 2. The zero-order chi connectivity index (χ0) is 20.5. The number of ether oxygens (including phenoxy) is 2. The highest BCUT2D eigenvalue weighted by Crippen LogP contribution is 2.21. The first-order valence-electron chi connectivity index (χ1n) is 8.41. The summed E-state index contributed by atoms with van der Waals surface area (Å²) in [5.41, 5.74) is 6.14. The number of aryl methyl sites for hydroxylation is 1. The lowest BCUT2D eigenvalue weighted by Crippen LogP contribution is -2.49. The third-order valence-electron chi connectivity index (χ3n) is 3.47. The van der Waals surface area contributed by atoms with Gasteiger partial charge in [-0.3, -0.25) is 25.8 Å². The van der Waals surface area contributed by atoms with Crippen LogP contribution in [0.4, 0.5) is 0 Å². The van der Waals surface area contributed by atoms with Crippen LogP contribution in [0, 0.1) is 6.92 Å². The molecule has 3 N–H and O–H groups in total. The summed E-state index contributed by atoms with van der Waals surface area (Å²) in [6.07, 6.45) is 0. The normalized spacial score (nSPS) is 9.96. The zero-order valence-electron chi connectivity index (χ0n) is 15.4. The van der Waals surface area contributed by atoms with Crippen molar-refractivity contribution in [3.8, 4) is 11.5 Å². The fraction of sp³-hybridized carbons (Fsp3) is 0.211. The van der Waals surface area contributed by atoms with Crippen molar-refractivity contribution in [2.24, 2.45) is 0 Å². The van der Waals surface area contributed by atoms with E-state index in [1.165, 1.54) is 0 Å². The van der Waals surface area contributed by atoms with Gasteiger partial charge in [-0.05, 0) is 74.1 Å². The second-order valence-electron chi connectivity index (χ2n) is 5.61. The molecule has 0 aromatic heterocycles. The van der Waals surface area contributed by atoms with Crippen LogP contribution in [0.1, 0.15) is 22.8 Å². The van der Waals surface area contributed by atoms with Crippen LogP contribution in [0.15, 0.2) is 46.9 Å². The molecule has 2 rings (SSSR count). The molecule has 28 heavy (non-hydrogen) atoms. The van der Waals surface area contributed by atoms with Crippen molar-refractivity contribution in [3.63, 3.8) is 0 Å². The molecule has 0 atom stereocenters. The van der Waals surface area contributed by atoms with Gasteiger partial charge in [0, 0.05) is 10.0 Å². The van der Waals surface area contributed by atoms with E-state index in [1.54, 1.807) is 30.3 Å². The Balaban J connectivity index is 1.75. The van der Waals surface area contributed by atoms with Crippen LogP contribution in [-0.4, -0.2) is 30.1 Å². The average molecular weight is 466 g/mol. The maximum Gasteiger partial charge on any atom is 0.276 e. The second-order valence-corrected chi connectivity index (χ2v) is 6.94. The van der Waals surface area contributed by atoms with Gasteiger partial charge in [-0.15, -0.1) is 0 Å². The van der Waals surface area contributed by atoms with Crippen molar-refractivity contribution in [2.75, 3.05) is 13.2 Å². The number of nitrogens with one attached hydrogen (secondary N) is 3. The van der Waals surface area contributed by atoms with E-state index in [1.807, 2.05) is 26.0 Å². The number of halogens is 1. The Bertz CT molecular complexity index is 859. The van der Waals surface area contributed by atoms with E-state index in [2.05, 4.69) is 32.1 Å². The van der Waals surface area contributed by atoms with Gasteiger partial charge in [-0.1, -0.05) is 15.9 Å². The van der Waals surface area contributed by atoms with Crippen molar-refractivity contribution < 1.29 is 19.1 Å². The monoisotopic (exact) mass is 465 g/mol. The van der Waals surface area contributed by atoms with Gasteiger partial charge >= 0.3 is 0 Å². The maximum absolute atomic E-state index is 12.1. The summed E-state index contributed by atoms with van der Waals surface area (Å²) in [5, 5.41) is 2.44. The average Bonchev–Trinajstić information content (AvgIpc) is 2.66. The molecule has 0 saturated heterocycles. The van der Waals surface area contributed by atoms with Crippen molar-refractivity contribution in [2.45, 2.75) is 13.8 Å². The minimum Gasteiger partial charge on any atom is -0.494 e. The summed E-state index contributed by atoms with van der Waals surface area (Å²) in [4.78, 5) is 24.0. The lowest BCUT2D eigenvalue weighted by atomic mass is 10.2. The van der Waals surface area contributed by atoms with Crippen molar-refractivity contribution >= 4 is 45.1 Å². The molecular weight excluding hydrogens is 446 g/mol. The minimum atomic E-state index is -0.444. The van der Waals surface area contributed by atoms with Gasteiger partial charge in [0.15, 0.2) is 11.7 Å².